The Morgan fingerprint density at radius 1 is 0.552 bits per heavy atom. The minimum atomic E-state index is 1.16. The molecule has 2 aromatic carbocycles. The molecule has 0 saturated carbocycles. The summed E-state index contributed by atoms with van der Waals surface area (Å²) in [5, 5.41) is 0. The molecule has 0 fully saturated rings. The van der Waals surface area contributed by atoms with E-state index in [1.165, 1.54) is 22.5 Å². The molecule has 148 valence electrons. The minimum Gasteiger partial charge on any atom is -0.378 e. The second-order valence-corrected chi connectivity index (χ2v) is 7.57. The van der Waals surface area contributed by atoms with E-state index >= 15 is 0 Å². The van der Waals surface area contributed by atoms with Gasteiger partial charge in [0.1, 0.15) is 7.05 Å². The zero-order valence-corrected chi connectivity index (χ0v) is 18.0. The van der Waals surface area contributed by atoms with Gasteiger partial charge in [0.25, 0.3) is 0 Å². The molecule has 1 aromatic heterocycles. The van der Waals surface area contributed by atoms with Gasteiger partial charge in [-0.05, 0) is 53.6 Å². The van der Waals surface area contributed by atoms with Gasteiger partial charge in [0.05, 0.1) is 0 Å². The first-order valence-electron chi connectivity index (χ1n) is 9.84. The van der Waals surface area contributed by atoms with Crippen molar-refractivity contribution < 1.29 is 4.57 Å². The maximum absolute atomic E-state index is 2.20. The van der Waals surface area contributed by atoms with Crippen LogP contribution in [0.4, 0.5) is 11.4 Å². The summed E-state index contributed by atoms with van der Waals surface area (Å²) in [6.07, 6.45) is 8.63. The molecule has 3 heteroatoms. The number of aromatic nitrogens is 1. The Bertz CT molecular complexity index is 915. The van der Waals surface area contributed by atoms with Crippen molar-refractivity contribution in [3.05, 3.63) is 89.2 Å². The average molecular weight is 385 g/mol. The lowest BCUT2D eigenvalue weighted by Gasteiger charge is -2.11. The van der Waals surface area contributed by atoms with Crippen LogP contribution in [0.2, 0.25) is 0 Å². The summed E-state index contributed by atoms with van der Waals surface area (Å²) in [7, 11) is 10.3. The normalized spacial score (nSPS) is 11.3. The lowest BCUT2D eigenvalue weighted by Crippen LogP contribution is -2.35. The molecule has 0 aliphatic rings. The number of benzene rings is 2. The quantitative estimate of drug-likeness (QED) is 0.555. The highest BCUT2D eigenvalue weighted by molar-refractivity contribution is 5.70. The van der Waals surface area contributed by atoms with Crippen LogP contribution in [0.15, 0.2) is 66.7 Å². The van der Waals surface area contributed by atoms with Crippen molar-refractivity contribution in [2.24, 2.45) is 7.05 Å². The fourth-order valence-electron chi connectivity index (χ4n) is 3.08. The van der Waals surface area contributed by atoms with Crippen molar-refractivity contribution >= 4 is 35.7 Å². The molecule has 1 heterocycles. The standard InChI is InChI=1S/C26H30N3/c1-27(2)23-15-9-21(10-16-23)13-19-25-7-6-8-26(29(25)5)20-14-22-11-17-24(18-12-22)28(3)4/h6-20H,1-5H3/q+1. The lowest BCUT2D eigenvalue weighted by molar-refractivity contribution is -0.675. The molecule has 3 aromatic rings. The molecular formula is C26H30N3+. The zero-order valence-electron chi connectivity index (χ0n) is 18.0. The van der Waals surface area contributed by atoms with Gasteiger partial charge in [-0.2, -0.15) is 4.57 Å². The van der Waals surface area contributed by atoms with Crippen molar-refractivity contribution in [1.29, 1.82) is 0 Å². The van der Waals surface area contributed by atoms with E-state index in [9.17, 15) is 0 Å². The third-order valence-electron chi connectivity index (χ3n) is 5.02. The Hall–Kier alpha value is -3.33. The van der Waals surface area contributed by atoms with Crippen molar-refractivity contribution in [2.75, 3.05) is 38.0 Å². The number of anilines is 2. The average Bonchev–Trinajstić information content (AvgIpc) is 2.72. The molecule has 0 unspecified atom stereocenters. The van der Waals surface area contributed by atoms with Crippen LogP contribution < -0.4 is 14.4 Å². The zero-order chi connectivity index (χ0) is 20.8. The Balaban J connectivity index is 1.76. The van der Waals surface area contributed by atoms with Crippen molar-refractivity contribution in [1.82, 2.24) is 0 Å². The van der Waals surface area contributed by atoms with Crippen LogP contribution in [-0.2, 0) is 7.05 Å². The Morgan fingerprint density at radius 2 is 0.931 bits per heavy atom. The number of rotatable bonds is 6. The molecule has 0 N–H and O–H groups in total. The molecule has 0 atom stereocenters. The SMILES string of the molecule is CN(C)c1ccc(C=Cc2cccc(C=Cc3ccc(N(C)C)cc3)[n+]2C)cc1. The summed E-state index contributed by atoms with van der Waals surface area (Å²) in [6, 6.07) is 23.5. The predicted molar refractivity (Wildman–Crippen MR) is 127 cm³/mol. The molecule has 0 saturated heterocycles. The van der Waals surface area contributed by atoms with Crippen LogP contribution in [0.3, 0.4) is 0 Å². The van der Waals surface area contributed by atoms with Gasteiger partial charge in [0.2, 0.25) is 11.4 Å². The highest BCUT2D eigenvalue weighted by Gasteiger charge is 2.07. The highest BCUT2D eigenvalue weighted by atomic mass is 15.1. The Labute approximate surface area is 174 Å². The van der Waals surface area contributed by atoms with Gasteiger partial charge >= 0.3 is 0 Å². The number of pyridine rings is 1. The first kappa shape index (κ1) is 20.4. The first-order chi connectivity index (χ1) is 13.9. The van der Waals surface area contributed by atoms with Gasteiger partial charge in [-0.3, -0.25) is 0 Å². The molecule has 3 rings (SSSR count). The molecule has 29 heavy (non-hydrogen) atoms. The fraction of sp³-hybridized carbons (Fsp3) is 0.192. The largest absolute Gasteiger partial charge is 0.378 e. The van der Waals surface area contributed by atoms with Gasteiger partial charge < -0.3 is 9.80 Å². The summed E-state index contributed by atoms with van der Waals surface area (Å²) < 4.78 is 2.20. The second-order valence-electron chi connectivity index (χ2n) is 7.57. The van der Waals surface area contributed by atoms with E-state index in [2.05, 4.69) is 141 Å². The molecule has 3 nitrogen and oxygen atoms in total. The van der Waals surface area contributed by atoms with Gasteiger partial charge in [0.15, 0.2) is 0 Å². The van der Waals surface area contributed by atoms with Gasteiger partial charge in [-0.1, -0.05) is 24.3 Å². The van der Waals surface area contributed by atoms with Gasteiger partial charge in [-0.15, -0.1) is 0 Å². The van der Waals surface area contributed by atoms with E-state index < -0.39 is 0 Å². The monoisotopic (exact) mass is 384 g/mol. The number of hydrogen-bond donors (Lipinski definition) is 0. The molecule has 0 spiro atoms. The topological polar surface area (TPSA) is 10.4 Å². The van der Waals surface area contributed by atoms with Crippen molar-refractivity contribution in [3.63, 3.8) is 0 Å². The maximum atomic E-state index is 2.20. The summed E-state index contributed by atoms with van der Waals surface area (Å²) in [6.45, 7) is 0. The number of hydrogen-bond acceptors (Lipinski definition) is 2. The molecular weight excluding hydrogens is 354 g/mol. The Kier molecular flexibility index (Phi) is 6.50. The summed E-state index contributed by atoms with van der Waals surface area (Å²) in [4.78, 5) is 4.22. The van der Waals surface area contributed by atoms with Crippen LogP contribution in [0.5, 0.6) is 0 Å². The second kappa shape index (κ2) is 9.24. The highest BCUT2D eigenvalue weighted by Crippen LogP contribution is 2.15. The maximum Gasteiger partial charge on any atom is 0.205 e. The van der Waals surface area contributed by atoms with Gasteiger partial charge in [-0.25, -0.2) is 0 Å². The van der Waals surface area contributed by atoms with Crippen molar-refractivity contribution in [2.45, 2.75) is 0 Å². The molecule has 0 aliphatic heterocycles. The van der Waals surface area contributed by atoms with E-state index in [0.717, 1.165) is 11.4 Å². The third kappa shape index (κ3) is 5.35. The van der Waals surface area contributed by atoms with E-state index in [4.69, 9.17) is 0 Å². The summed E-state index contributed by atoms with van der Waals surface area (Å²) in [5.41, 5.74) is 7.12. The van der Waals surface area contributed by atoms with Gasteiger partial charge in [0, 0.05) is 63.9 Å². The summed E-state index contributed by atoms with van der Waals surface area (Å²) >= 11 is 0. The minimum absolute atomic E-state index is 1.16. The first-order valence-corrected chi connectivity index (χ1v) is 9.84. The molecule has 0 radical (unpaired) electrons. The van der Waals surface area contributed by atoms with E-state index in [0.29, 0.717) is 0 Å². The number of nitrogens with zero attached hydrogens (tertiary/aromatic N) is 3. The molecule has 0 amide bonds. The van der Waals surface area contributed by atoms with E-state index in [1.807, 2.05) is 0 Å². The smallest absolute Gasteiger partial charge is 0.205 e. The lowest BCUT2D eigenvalue weighted by atomic mass is 10.1. The van der Waals surface area contributed by atoms with Crippen LogP contribution >= 0.6 is 0 Å². The van der Waals surface area contributed by atoms with Crippen LogP contribution in [0.1, 0.15) is 22.5 Å². The predicted octanol–water partition coefficient (Wildman–Crippen LogP) is 4.98. The third-order valence-corrected chi connectivity index (χ3v) is 5.02. The fourth-order valence-corrected chi connectivity index (χ4v) is 3.08. The van der Waals surface area contributed by atoms with Crippen LogP contribution in [-0.4, -0.2) is 28.2 Å². The molecule has 0 aliphatic carbocycles. The van der Waals surface area contributed by atoms with E-state index in [-0.39, 0.29) is 0 Å². The van der Waals surface area contributed by atoms with Crippen molar-refractivity contribution in [3.8, 4) is 0 Å². The van der Waals surface area contributed by atoms with E-state index in [1.54, 1.807) is 0 Å². The Morgan fingerprint density at radius 3 is 1.28 bits per heavy atom. The van der Waals surface area contributed by atoms with Crippen LogP contribution in [0.25, 0.3) is 24.3 Å². The molecule has 0 bridgehead atoms. The summed E-state index contributed by atoms with van der Waals surface area (Å²) in [5.74, 6) is 0. The van der Waals surface area contributed by atoms with Crippen LogP contribution in [0, 0.1) is 0 Å².